The van der Waals surface area contributed by atoms with Gasteiger partial charge in [0.15, 0.2) is 0 Å². The van der Waals surface area contributed by atoms with Crippen LogP contribution in [-0.4, -0.2) is 44.0 Å². The Morgan fingerprint density at radius 1 is 0.769 bits per heavy atom. The first-order valence-electron chi connectivity index (χ1n) is 10.6. The van der Waals surface area contributed by atoms with E-state index in [4.69, 9.17) is 9.47 Å². The van der Waals surface area contributed by atoms with Gasteiger partial charge in [-0.3, -0.25) is 0 Å². The molecule has 1 heterocycles. The van der Waals surface area contributed by atoms with Crippen molar-refractivity contribution in [2.75, 3.05) is 19.6 Å². The van der Waals surface area contributed by atoms with Gasteiger partial charge in [0.1, 0.15) is 8.22 Å². The largest absolute Gasteiger partial charge is 0.361 e. The van der Waals surface area contributed by atoms with Gasteiger partial charge >= 0.3 is 0 Å². The number of piperidine rings is 1. The van der Waals surface area contributed by atoms with Gasteiger partial charge in [-0.15, -0.1) is 0 Å². The van der Waals surface area contributed by atoms with Crippen molar-refractivity contribution < 1.29 is 9.47 Å². The lowest BCUT2D eigenvalue weighted by molar-refractivity contribution is -0.131. The Kier molecular flexibility index (Phi) is 9.44. The highest BCUT2D eigenvalue weighted by molar-refractivity contribution is 14.1. The molecule has 0 amide bonds. The molecule has 0 bridgehead atoms. The maximum absolute atomic E-state index is 6.55. The molecular formula is C21H39I2NO2. The molecule has 2 aliphatic rings. The molecule has 154 valence electrons. The number of likely N-dealkylation sites (tertiary alicyclic amines) is 1. The van der Waals surface area contributed by atoms with Gasteiger partial charge in [-0.25, -0.2) is 0 Å². The van der Waals surface area contributed by atoms with E-state index in [1.165, 1.54) is 32.1 Å². The van der Waals surface area contributed by atoms with Crippen LogP contribution < -0.4 is 0 Å². The second-order valence-electron chi connectivity index (χ2n) is 8.87. The molecule has 1 saturated heterocycles. The first kappa shape index (κ1) is 23.6. The minimum Gasteiger partial charge on any atom is -0.361 e. The number of ether oxygens (including phenoxy) is 2. The van der Waals surface area contributed by atoms with Gasteiger partial charge < -0.3 is 14.4 Å². The summed E-state index contributed by atoms with van der Waals surface area (Å²) in [6, 6.07) is 0. The lowest BCUT2D eigenvalue weighted by Gasteiger charge is -2.48. The fourth-order valence-corrected chi connectivity index (χ4v) is 6.04. The molecule has 0 unspecified atom stereocenters. The first-order valence-corrected chi connectivity index (χ1v) is 13.0. The lowest BCUT2D eigenvalue weighted by atomic mass is 9.75. The SMILES string of the molecule is CC(C)C1(O[C@H](C)I)CCN(C[C@H](C)C2(O[C@H](C)I)CCCCC2)CC1. The topological polar surface area (TPSA) is 21.7 Å². The van der Waals surface area contributed by atoms with E-state index in [2.05, 4.69) is 84.7 Å². The Hall–Kier alpha value is 1.34. The zero-order valence-electron chi connectivity index (χ0n) is 17.4. The molecule has 0 aromatic heterocycles. The molecule has 0 N–H and O–H groups in total. The Morgan fingerprint density at radius 2 is 1.27 bits per heavy atom. The summed E-state index contributed by atoms with van der Waals surface area (Å²) in [6.07, 6.45) is 8.81. The lowest BCUT2D eigenvalue weighted by Crippen LogP contribution is -2.53. The molecule has 3 atom stereocenters. The van der Waals surface area contributed by atoms with E-state index in [1.54, 1.807) is 0 Å². The van der Waals surface area contributed by atoms with Gasteiger partial charge in [-0.05, 0) is 51.4 Å². The van der Waals surface area contributed by atoms with Crippen LogP contribution >= 0.6 is 45.2 Å². The Bertz CT molecular complexity index is 414. The first-order chi connectivity index (χ1) is 12.2. The van der Waals surface area contributed by atoms with Crippen LogP contribution in [0.2, 0.25) is 0 Å². The van der Waals surface area contributed by atoms with Crippen molar-refractivity contribution in [1.29, 1.82) is 0 Å². The molecule has 2 rings (SSSR count). The third-order valence-electron chi connectivity index (χ3n) is 6.68. The molecule has 1 saturated carbocycles. The van der Waals surface area contributed by atoms with Crippen molar-refractivity contribution in [3.8, 4) is 0 Å². The summed E-state index contributed by atoms with van der Waals surface area (Å²) in [4.78, 5) is 2.67. The molecule has 1 aliphatic carbocycles. The molecule has 3 nitrogen and oxygen atoms in total. The molecule has 0 spiro atoms. The Morgan fingerprint density at radius 3 is 1.73 bits per heavy atom. The van der Waals surface area contributed by atoms with Crippen LogP contribution in [0.4, 0.5) is 0 Å². The van der Waals surface area contributed by atoms with E-state index in [0.29, 0.717) is 15.9 Å². The highest BCUT2D eigenvalue weighted by Gasteiger charge is 2.43. The van der Waals surface area contributed by atoms with Gasteiger partial charge in [-0.2, -0.15) is 0 Å². The zero-order chi connectivity index (χ0) is 19.4. The predicted octanol–water partition coefficient (Wildman–Crippen LogP) is 6.41. The van der Waals surface area contributed by atoms with E-state index in [1.807, 2.05) is 0 Å². The fraction of sp³-hybridized carbons (Fsp3) is 1.00. The zero-order valence-corrected chi connectivity index (χ0v) is 21.7. The Balaban J connectivity index is 1.96. The van der Waals surface area contributed by atoms with Crippen molar-refractivity contribution in [1.82, 2.24) is 4.90 Å². The van der Waals surface area contributed by atoms with Gasteiger partial charge in [-0.1, -0.05) is 85.2 Å². The van der Waals surface area contributed by atoms with Crippen LogP contribution in [0.15, 0.2) is 0 Å². The minimum atomic E-state index is 0.0656. The normalized spacial score (nSPS) is 27.2. The molecular weight excluding hydrogens is 552 g/mol. The van der Waals surface area contributed by atoms with Crippen molar-refractivity contribution in [2.24, 2.45) is 11.8 Å². The molecule has 0 aromatic carbocycles. The predicted molar refractivity (Wildman–Crippen MR) is 127 cm³/mol. The summed E-state index contributed by atoms with van der Waals surface area (Å²) >= 11 is 4.83. The van der Waals surface area contributed by atoms with Crippen LogP contribution in [0.5, 0.6) is 0 Å². The smallest absolute Gasteiger partial charge is 0.106 e. The van der Waals surface area contributed by atoms with Crippen LogP contribution in [-0.2, 0) is 9.47 Å². The van der Waals surface area contributed by atoms with Gasteiger partial charge in [0.25, 0.3) is 0 Å². The standard InChI is InChI=1S/C21H39I2NO2/c1-16(2)20(25-18(4)22)11-13-24(14-12-20)15-17(3)21(26-19(5)23)9-7-6-8-10-21/h16-19H,6-15H2,1-5H3/t17-,18+,19+/m0/s1. The van der Waals surface area contributed by atoms with Crippen molar-refractivity contribution in [2.45, 2.75) is 99.0 Å². The fourth-order valence-electron chi connectivity index (χ4n) is 5.02. The van der Waals surface area contributed by atoms with Gasteiger partial charge in [0, 0.05) is 19.6 Å². The number of hydrogen-bond donors (Lipinski definition) is 0. The number of alkyl halides is 2. The van der Waals surface area contributed by atoms with Crippen LogP contribution in [0.1, 0.15) is 79.6 Å². The second-order valence-corrected chi connectivity index (χ2v) is 12.4. The summed E-state index contributed by atoms with van der Waals surface area (Å²) in [7, 11) is 0. The van der Waals surface area contributed by atoms with Crippen LogP contribution in [0.3, 0.4) is 0 Å². The average Bonchev–Trinajstić information content (AvgIpc) is 2.56. The monoisotopic (exact) mass is 591 g/mol. The summed E-state index contributed by atoms with van der Waals surface area (Å²) in [5.41, 5.74) is 0.161. The minimum absolute atomic E-state index is 0.0656. The number of halogens is 2. The molecule has 0 radical (unpaired) electrons. The molecule has 5 heteroatoms. The number of nitrogens with zero attached hydrogens (tertiary/aromatic N) is 1. The summed E-state index contributed by atoms with van der Waals surface area (Å²) in [5, 5.41) is 0. The third-order valence-corrected chi connectivity index (χ3v) is 7.19. The maximum atomic E-state index is 6.55. The third kappa shape index (κ3) is 6.17. The summed E-state index contributed by atoms with van der Waals surface area (Å²) in [6.45, 7) is 14.9. The summed E-state index contributed by atoms with van der Waals surface area (Å²) < 4.78 is 13.5. The van der Waals surface area contributed by atoms with Crippen LogP contribution in [0.25, 0.3) is 0 Å². The number of rotatable bonds is 8. The van der Waals surface area contributed by atoms with Crippen molar-refractivity contribution >= 4 is 45.2 Å². The Labute approximate surface area is 189 Å². The second kappa shape index (κ2) is 10.4. The molecule has 1 aliphatic heterocycles. The van der Waals surface area contributed by atoms with E-state index < -0.39 is 0 Å². The average molecular weight is 591 g/mol. The van der Waals surface area contributed by atoms with E-state index >= 15 is 0 Å². The number of hydrogen-bond acceptors (Lipinski definition) is 3. The molecule has 2 fully saturated rings. The van der Waals surface area contributed by atoms with E-state index in [9.17, 15) is 0 Å². The molecule has 0 aromatic rings. The van der Waals surface area contributed by atoms with Gasteiger partial charge in [0.2, 0.25) is 0 Å². The summed E-state index contributed by atoms with van der Waals surface area (Å²) in [5.74, 6) is 1.17. The van der Waals surface area contributed by atoms with E-state index in [-0.39, 0.29) is 15.3 Å². The van der Waals surface area contributed by atoms with Gasteiger partial charge in [0.05, 0.1) is 11.2 Å². The highest BCUT2D eigenvalue weighted by atomic mass is 127. The van der Waals surface area contributed by atoms with Crippen molar-refractivity contribution in [3.63, 3.8) is 0 Å². The molecule has 26 heavy (non-hydrogen) atoms. The van der Waals surface area contributed by atoms with E-state index in [0.717, 1.165) is 32.5 Å². The highest BCUT2D eigenvalue weighted by Crippen LogP contribution is 2.41. The quantitative estimate of drug-likeness (QED) is 0.241. The maximum Gasteiger partial charge on any atom is 0.106 e. The van der Waals surface area contributed by atoms with Crippen LogP contribution in [0, 0.1) is 11.8 Å². The van der Waals surface area contributed by atoms with Crippen molar-refractivity contribution in [3.05, 3.63) is 0 Å².